The number of fused-ring (bicyclic) bond motifs is 1. The van der Waals surface area contributed by atoms with Gasteiger partial charge in [0, 0.05) is 29.5 Å². The molecule has 0 radical (unpaired) electrons. The molecule has 0 bridgehead atoms. The van der Waals surface area contributed by atoms with Crippen molar-refractivity contribution in [2.24, 2.45) is 5.41 Å². The van der Waals surface area contributed by atoms with Crippen molar-refractivity contribution in [3.63, 3.8) is 0 Å². The normalized spacial score (nSPS) is 17.2. The molecule has 0 unspecified atom stereocenters. The van der Waals surface area contributed by atoms with Gasteiger partial charge in [-0.3, -0.25) is 4.98 Å². The first kappa shape index (κ1) is 25.7. The molecule has 3 aromatic rings. The van der Waals surface area contributed by atoms with E-state index in [9.17, 15) is 5.11 Å². The number of nitrogens with zero attached hydrogens (tertiary/aromatic N) is 2. The molecule has 3 heterocycles. The summed E-state index contributed by atoms with van der Waals surface area (Å²) in [5.41, 5.74) is 0.948. The second-order valence-electron chi connectivity index (χ2n) is 9.04. The largest absolute Gasteiger partial charge is 0.497 e. The number of hydrogen-bond acceptors (Lipinski definition) is 6. The molecule has 0 saturated carbocycles. The zero-order chi connectivity index (χ0) is 24.0. The third-order valence-corrected chi connectivity index (χ3v) is 9.44. The Labute approximate surface area is 214 Å². The number of ether oxygens (including phenoxy) is 1. The molecule has 0 aliphatic carbocycles. The van der Waals surface area contributed by atoms with Gasteiger partial charge in [0.1, 0.15) is 11.9 Å². The number of aliphatic hydroxyl groups excluding tert-OH is 1. The number of piperidine rings is 1. The maximum atomic E-state index is 15.6. The standard InChI is InChI=1S/C26H32ClFN2O2S2/c1-32-19-5-6-23-20(16-19)25(21(27)17-29-23)22(28)7-8-26(18-31)9-12-30(13-10-26)11-3-15-34-24-4-2-14-33-24/h2,4-6,14,16-17,22,31H,3,7-13,15,18H2,1H3/t22-/m0/s1. The van der Waals surface area contributed by atoms with Crippen molar-refractivity contribution in [1.82, 2.24) is 9.88 Å². The second-order valence-corrected chi connectivity index (χ2v) is 11.8. The molecule has 0 spiro atoms. The number of aromatic nitrogens is 1. The summed E-state index contributed by atoms with van der Waals surface area (Å²) in [6.07, 6.45) is 4.21. The monoisotopic (exact) mass is 522 g/mol. The Morgan fingerprint density at radius 1 is 1.32 bits per heavy atom. The van der Waals surface area contributed by atoms with Gasteiger partial charge < -0.3 is 14.7 Å². The lowest BCUT2D eigenvalue weighted by Gasteiger charge is -2.41. The molecule has 2 aromatic heterocycles. The third kappa shape index (κ3) is 6.24. The Morgan fingerprint density at radius 3 is 2.85 bits per heavy atom. The smallest absolute Gasteiger partial charge is 0.127 e. The molecular formula is C26H32ClFN2O2S2. The molecule has 1 atom stereocenters. The summed E-state index contributed by atoms with van der Waals surface area (Å²) in [6.45, 7) is 3.08. The number of thioether (sulfide) groups is 1. The highest BCUT2D eigenvalue weighted by Gasteiger charge is 2.35. The van der Waals surface area contributed by atoms with Gasteiger partial charge in [-0.25, -0.2) is 4.39 Å². The summed E-state index contributed by atoms with van der Waals surface area (Å²) in [5.74, 6) is 1.77. The summed E-state index contributed by atoms with van der Waals surface area (Å²) in [5, 5.41) is 13.4. The fourth-order valence-corrected chi connectivity index (χ4v) is 6.79. The number of likely N-dealkylation sites (tertiary alicyclic amines) is 1. The van der Waals surface area contributed by atoms with Gasteiger partial charge >= 0.3 is 0 Å². The van der Waals surface area contributed by atoms with E-state index in [-0.39, 0.29) is 12.0 Å². The summed E-state index contributed by atoms with van der Waals surface area (Å²) >= 11 is 10.1. The van der Waals surface area contributed by atoms with Gasteiger partial charge in [-0.05, 0) is 86.8 Å². The molecule has 1 aromatic carbocycles. The van der Waals surface area contributed by atoms with Crippen LogP contribution in [0.4, 0.5) is 4.39 Å². The van der Waals surface area contributed by atoms with Gasteiger partial charge in [0.2, 0.25) is 0 Å². The highest BCUT2D eigenvalue weighted by atomic mass is 35.5. The molecular weight excluding hydrogens is 491 g/mol. The molecule has 1 aliphatic heterocycles. The Hall–Kier alpha value is -1.38. The molecule has 1 aliphatic rings. The average Bonchev–Trinajstić information content (AvgIpc) is 3.39. The van der Waals surface area contributed by atoms with Crippen molar-refractivity contribution < 1.29 is 14.2 Å². The summed E-state index contributed by atoms with van der Waals surface area (Å²) in [6, 6.07) is 9.70. The quantitative estimate of drug-likeness (QED) is 0.217. The van der Waals surface area contributed by atoms with Crippen LogP contribution >= 0.6 is 34.7 Å². The van der Waals surface area contributed by atoms with E-state index in [1.54, 1.807) is 24.5 Å². The van der Waals surface area contributed by atoms with Gasteiger partial charge in [0.05, 0.1) is 21.9 Å². The van der Waals surface area contributed by atoms with Crippen LogP contribution in [-0.4, -0.2) is 54.1 Å². The van der Waals surface area contributed by atoms with Crippen LogP contribution < -0.4 is 4.74 Å². The summed E-state index contributed by atoms with van der Waals surface area (Å²) < 4.78 is 22.3. The lowest BCUT2D eigenvalue weighted by atomic mass is 9.74. The number of pyridine rings is 1. The number of thiophene rings is 1. The van der Waals surface area contributed by atoms with E-state index in [4.69, 9.17) is 16.3 Å². The number of benzene rings is 1. The van der Waals surface area contributed by atoms with Gasteiger partial charge in [-0.1, -0.05) is 17.7 Å². The van der Waals surface area contributed by atoms with Gasteiger partial charge in [-0.15, -0.1) is 23.1 Å². The zero-order valence-electron chi connectivity index (χ0n) is 19.5. The van der Waals surface area contributed by atoms with E-state index in [1.165, 1.54) is 10.4 Å². The van der Waals surface area contributed by atoms with E-state index in [0.29, 0.717) is 40.1 Å². The van der Waals surface area contributed by atoms with Crippen molar-refractivity contribution in [1.29, 1.82) is 0 Å². The number of halogens is 2. The Kier molecular flexibility index (Phi) is 9.10. The first-order valence-corrected chi connectivity index (χ1v) is 14.0. The number of aliphatic hydroxyl groups is 1. The van der Waals surface area contributed by atoms with Crippen molar-refractivity contribution in [3.05, 3.63) is 52.5 Å². The van der Waals surface area contributed by atoms with E-state index in [0.717, 1.165) is 44.6 Å². The van der Waals surface area contributed by atoms with Crippen LogP contribution in [0.15, 0.2) is 46.1 Å². The number of methoxy groups -OCH3 is 1. The Bertz CT molecular complexity index is 1060. The van der Waals surface area contributed by atoms with Crippen LogP contribution in [0.5, 0.6) is 5.75 Å². The average molecular weight is 523 g/mol. The van der Waals surface area contributed by atoms with Gasteiger partial charge in [0.15, 0.2) is 0 Å². The Morgan fingerprint density at radius 2 is 2.15 bits per heavy atom. The van der Waals surface area contributed by atoms with Crippen molar-refractivity contribution in [3.8, 4) is 5.75 Å². The summed E-state index contributed by atoms with van der Waals surface area (Å²) in [7, 11) is 1.59. The predicted octanol–water partition coefficient (Wildman–Crippen LogP) is 7.01. The van der Waals surface area contributed by atoms with Crippen LogP contribution in [-0.2, 0) is 0 Å². The first-order valence-electron chi connectivity index (χ1n) is 11.8. The maximum Gasteiger partial charge on any atom is 0.127 e. The topological polar surface area (TPSA) is 45.6 Å². The van der Waals surface area contributed by atoms with Gasteiger partial charge in [0.25, 0.3) is 0 Å². The van der Waals surface area contributed by atoms with E-state index in [2.05, 4.69) is 27.4 Å². The van der Waals surface area contributed by atoms with Crippen LogP contribution in [0.2, 0.25) is 5.02 Å². The lowest BCUT2D eigenvalue weighted by Crippen LogP contribution is -2.42. The minimum atomic E-state index is -1.22. The lowest BCUT2D eigenvalue weighted by molar-refractivity contribution is 0.0304. The number of alkyl halides is 1. The maximum absolute atomic E-state index is 15.6. The molecule has 34 heavy (non-hydrogen) atoms. The minimum absolute atomic E-state index is 0.0977. The van der Waals surface area contributed by atoms with E-state index < -0.39 is 6.17 Å². The van der Waals surface area contributed by atoms with E-state index in [1.807, 2.05) is 23.9 Å². The van der Waals surface area contributed by atoms with Crippen LogP contribution in [0.3, 0.4) is 0 Å². The van der Waals surface area contributed by atoms with Crippen molar-refractivity contribution in [2.75, 3.05) is 39.1 Å². The molecule has 0 amide bonds. The third-order valence-electron chi connectivity index (χ3n) is 6.92. The molecule has 1 N–H and O–H groups in total. The highest BCUT2D eigenvalue weighted by molar-refractivity contribution is 8.01. The van der Waals surface area contributed by atoms with Crippen molar-refractivity contribution >= 4 is 45.6 Å². The molecule has 1 saturated heterocycles. The fourth-order valence-electron chi connectivity index (χ4n) is 4.74. The molecule has 4 nitrogen and oxygen atoms in total. The van der Waals surface area contributed by atoms with Gasteiger partial charge in [-0.2, -0.15) is 0 Å². The highest BCUT2D eigenvalue weighted by Crippen LogP contribution is 2.42. The van der Waals surface area contributed by atoms with Crippen LogP contribution in [0, 0.1) is 5.41 Å². The zero-order valence-corrected chi connectivity index (χ0v) is 21.9. The number of hydrogen-bond donors (Lipinski definition) is 1. The Balaban J connectivity index is 1.31. The van der Waals surface area contributed by atoms with Crippen LogP contribution in [0.25, 0.3) is 10.9 Å². The fraction of sp³-hybridized carbons (Fsp3) is 0.500. The van der Waals surface area contributed by atoms with Crippen LogP contribution in [0.1, 0.15) is 43.8 Å². The first-order chi connectivity index (χ1) is 16.5. The molecule has 4 rings (SSSR count). The molecule has 1 fully saturated rings. The van der Waals surface area contributed by atoms with E-state index >= 15 is 4.39 Å². The summed E-state index contributed by atoms with van der Waals surface area (Å²) in [4.78, 5) is 6.81. The predicted molar refractivity (Wildman–Crippen MR) is 141 cm³/mol. The second kappa shape index (κ2) is 12.0. The van der Waals surface area contributed by atoms with Crippen molar-refractivity contribution in [2.45, 2.75) is 42.5 Å². The molecule has 8 heteroatoms. The SMILES string of the molecule is COc1ccc2ncc(Cl)c([C@@H](F)CCC3(CO)CCN(CCCSc4cccs4)CC3)c2c1. The number of rotatable bonds is 11. The minimum Gasteiger partial charge on any atom is -0.497 e. The molecule has 184 valence electrons.